The molecule has 1 amide bonds. The van der Waals surface area contributed by atoms with Crippen LogP contribution in [0, 0.1) is 0 Å². The van der Waals surface area contributed by atoms with Crippen molar-refractivity contribution >= 4 is 5.91 Å². The van der Waals surface area contributed by atoms with Crippen LogP contribution in [0.4, 0.5) is 0 Å². The third kappa shape index (κ3) is 2.71. The van der Waals surface area contributed by atoms with E-state index in [4.69, 9.17) is 0 Å². The van der Waals surface area contributed by atoms with E-state index in [-0.39, 0.29) is 12.5 Å². The van der Waals surface area contributed by atoms with E-state index in [9.17, 15) is 9.90 Å². The van der Waals surface area contributed by atoms with Crippen LogP contribution in [0.5, 0.6) is 0 Å². The number of hydrogen-bond acceptors (Lipinski definition) is 5. The van der Waals surface area contributed by atoms with Crippen LogP contribution in [-0.4, -0.2) is 54.2 Å². The number of carbonyl (C=O) groups is 1. The molecule has 1 aliphatic carbocycles. The predicted molar refractivity (Wildman–Crippen MR) is 85.1 cm³/mol. The lowest BCUT2D eigenvalue weighted by Crippen LogP contribution is -2.48. The number of β-amino-alcohol motifs (C(OH)–C–C–N with tert-alkyl or cyclic N) is 1. The van der Waals surface area contributed by atoms with Crippen molar-refractivity contribution in [2.24, 2.45) is 0 Å². The lowest BCUT2D eigenvalue weighted by molar-refractivity contribution is -0.0322. The summed E-state index contributed by atoms with van der Waals surface area (Å²) < 4.78 is 1.92. The van der Waals surface area contributed by atoms with Crippen molar-refractivity contribution in [1.29, 1.82) is 0 Å². The highest BCUT2D eigenvalue weighted by molar-refractivity contribution is 5.92. The highest BCUT2D eigenvalue weighted by Gasteiger charge is 2.39. The van der Waals surface area contributed by atoms with E-state index in [2.05, 4.69) is 20.5 Å². The fourth-order valence-corrected chi connectivity index (χ4v) is 3.83. The van der Waals surface area contributed by atoms with E-state index in [0.29, 0.717) is 30.4 Å². The number of H-pyrrole nitrogens is 1. The van der Waals surface area contributed by atoms with Crippen molar-refractivity contribution in [2.45, 2.75) is 50.2 Å². The Bertz CT molecular complexity index is 706. The molecule has 8 heteroatoms. The summed E-state index contributed by atoms with van der Waals surface area (Å²) >= 11 is 0. The normalized spacial score (nSPS) is 25.3. The molecular weight excluding hydrogens is 308 g/mol. The Hall–Kier alpha value is -2.22. The second kappa shape index (κ2) is 6.01. The topological polar surface area (TPSA) is 99.9 Å². The number of rotatable bonds is 3. The third-order valence-corrected chi connectivity index (χ3v) is 5.18. The molecule has 1 saturated heterocycles. The minimum Gasteiger partial charge on any atom is -0.382 e. The number of aromatic nitrogens is 5. The van der Waals surface area contributed by atoms with Crippen LogP contribution in [0.1, 0.15) is 60.7 Å². The number of hydrogen-bond donors (Lipinski definition) is 2. The number of carbonyl (C=O) groups excluding carboxylic acids is 1. The van der Waals surface area contributed by atoms with Crippen molar-refractivity contribution in [3.8, 4) is 0 Å². The standard InChI is InChI=1S/C16H22N6O2/c23-15(13-6-9-22(19-13)12-4-1-2-5-12)21-8-3-7-16(24,11-21)14-10-17-20-18-14/h6,9-10,12,24H,1-5,7-8,11H2,(H,17,18,20). The van der Waals surface area contributed by atoms with E-state index in [1.54, 1.807) is 11.0 Å². The number of nitrogens with one attached hydrogen (secondary N) is 1. The van der Waals surface area contributed by atoms with Crippen molar-refractivity contribution < 1.29 is 9.90 Å². The molecule has 3 heterocycles. The van der Waals surface area contributed by atoms with Gasteiger partial charge in [-0.15, -0.1) is 0 Å². The fraction of sp³-hybridized carbons (Fsp3) is 0.625. The van der Waals surface area contributed by atoms with Crippen LogP contribution in [0.15, 0.2) is 18.5 Å². The molecule has 24 heavy (non-hydrogen) atoms. The summed E-state index contributed by atoms with van der Waals surface area (Å²) in [4.78, 5) is 14.4. The maximum atomic E-state index is 12.8. The average molecular weight is 330 g/mol. The van der Waals surface area contributed by atoms with Gasteiger partial charge in [0.1, 0.15) is 17.0 Å². The molecule has 1 saturated carbocycles. The van der Waals surface area contributed by atoms with Crippen molar-refractivity contribution in [3.63, 3.8) is 0 Å². The van der Waals surface area contributed by atoms with Gasteiger partial charge in [0.05, 0.1) is 18.8 Å². The molecule has 1 atom stereocenters. The van der Waals surface area contributed by atoms with Crippen molar-refractivity contribution in [3.05, 3.63) is 29.8 Å². The van der Waals surface area contributed by atoms with Crippen LogP contribution >= 0.6 is 0 Å². The highest BCUT2D eigenvalue weighted by Crippen LogP contribution is 2.31. The molecule has 8 nitrogen and oxygen atoms in total. The maximum absolute atomic E-state index is 12.8. The third-order valence-electron chi connectivity index (χ3n) is 5.18. The fourth-order valence-electron chi connectivity index (χ4n) is 3.83. The number of aliphatic hydroxyl groups is 1. The quantitative estimate of drug-likeness (QED) is 0.882. The Morgan fingerprint density at radius 3 is 2.92 bits per heavy atom. The molecule has 1 unspecified atom stereocenters. The summed E-state index contributed by atoms with van der Waals surface area (Å²) in [6.07, 6.45) is 9.42. The first-order valence-corrected chi connectivity index (χ1v) is 8.59. The first kappa shape index (κ1) is 15.3. The Kier molecular flexibility index (Phi) is 3.84. The molecule has 2 aliphatic rings. The van der Waals surface area contributed by atoms with E-state index in [1.807, 2.05) is 10.9 Å². The Labute approximate surface area is 139 Å². The smallest absolute Gasteiger partial charge is 0.274 e. The summed E-state index contributed by atoms with van der Waals surface area (Å²) in [5.41, 5.74) is -0.211. The zero-order chi connectivity index (χ0) is 16.6. The molecule has 1 aliphatic heterocycles. The second-order valence-corrected chi connectivity index (χ2v) is 6.84. The second-order valence-electron chi connectivity index (χ2n) is 6.84. The molecule has 0 bridgehead atoms. The zero-order valence-corrected chi connectivity index (χ0v) is 13.6. The van der Waals surface area contributed by atoms with Crippen molar-refractivity contribution in [2.75, 3.05) is 13.1 Å². The van der Waals surface area contributed by atoms with Gasteiger partial charge in [-0.25, -0.2) is 0 Å². The van der Waals surface area contributed by atoms with Gasteiger partial charge in [0.25, 0.3) is 5.91 Å². The minimum atomic E-state index is -1.14. The van der Waals surface area contributed by atoms with Crippen LogP contribution in [-0.2, 0) is 5.60 Å². The SMILES string of the molecule is O=C(c1ccn(C2CCCC2)n1)N1CCCC(O)(c2cn[nH]n2)C1. The van der Waals surface area contributed by atoms with Crippen LogP contribution in [0.2, 0.25) is 0 Å². The summed E-state index contributed by atoms with van der Waals surface area (Å²) in [7, 11) is 0. The number of aromatic amines is 1. The Balaban J connectivity index is 1.50. The Morgan fingerprint density at radius 2 is 2.17 bits per heavy atom. The molecular formula is C16H22N6O2. The number of piperidine rings is 1. The monoisotopic (exact) mass is 330 g/mol. The zero-order valence-electron chi connectivity index (χ0n) is 13.6. The van der Waals surface area contributed by atoms with Gasteiger partial charge in [-0.05, 0) is 31.7 Å². The van der Waals surface area contributed by atoms with Gasteiger partial charge in [-0.1, -0.05) is 12.8 Å². The van der Waals surface area contributed by atoms with E-state index < -0.39 is 5.60 Å². The molecule has 2 fully saturated rings. The molecule has 2 aromatic heterocycles. The van der Waals surface area contributed by atoms with Gasteiger partial charge in [-0.2, -0.15) is 20.5 Å². The van der Waals surface area contributed by atoms with E-state index >= 15 is 0 Å². The van der Waals surface area contributed by atoms with Crippen LogP contribution in [0.25, 0.3) is 0 Å². The number of likely N-dealkylation sites (tertiary alicyclic amines) is 1. The van der Waals surface area contributed by atoms with Gasteiger partial charge in [-0.3, -0.25) is 9.48 Å². The lowest BCUT2D eigenvalue weighted by atomic mass is 9.90. The van der Waals surface area contributed by atoms with E-state index in [0.717, 1.165) is 19.3 Å². The van der Waals surface area contributed by atoms with Gasteiger partial charge in [0.15, 0.2) is 0 Å². The summed E-state index contributed by atoms with van der Waals surface area (Å²) in [6, 6.07) is 2.20. The first-order valence-electron chi connectivity index (χ1n) is 8.59. The lowest BCUT2D eigenvalue weighted by Gasteiger charge is -2.37. The average Bonchev–Trinajstić information content (AvgIpc) is 3.36. The van der Waals surface area contributed by atoms with E-state index in [1.165, 1.54) is 19.0 Å². The van der Waals surface area contributed by atoms with Gasteiger partial charge in [0.2, 0.25) is 0 Å². The molecule has 2 N–H and O–H groups in total. The van der Waals surface area contributed by atoms with Crippen LogP contribution < -0.4 is 0 Å². The minimum absolute atomic E-state index is 0.131. The van der Waals surface area contributed by atoms with Gasteiger partial charge in [0, 0.05) is 12.7 Å². The molecule has 0 aromatic carbocycles. The highest BCUT2D eigenvalue weighted by atomic mass is 16.3. The largest absolute Gasteiger partial charge is 0.382 e. The summed E-state index contributed by atoms with van der Waals surface area (Å²) in [5.74, 6) is -0.131. The first-order chi connectivity index (χ1) is 11.7. The summed E-state index contributed by atoms with van der Waals surface area (Å²) in [5, 5.41) is 25.6. The number of nitrogens with zero attached hydrogens (tertiary/aromatic N) is 5. The number of amides is 1. The molecule has 128 valence electrons. The maximum Gasteiger partial charge on any atom is 0.274 e. The molecule has 0 radical (unpaired) electrons. The van der Waals surface area contributed by atoms with Crippen LogP contribution in [0.3, 0.4) is 0 Å². The van der Waals surface area contributed by atoms with Gasteiger partial charge < -0.3 is 10.0 Å². The predicted octanol–water partition coefficient (Wildman–Crippen LogP) is 1.24. The van der Waals surface area contributed by atoms with Gasteiger partial charge >= 0.3 is 0 Å². The molecule has 2 aromatic rings. The summed E-state index contributed by atoms with van der Waals surface area (Å²) in [6.45, 7) is 0.837. The Morgan fingerprint density at radius 1 is 1.33 bits per heavy atom. The molecule has 0 spiro atoms. The molecule has 4 rings (SSSR count). The van der Waals surface area contributed by atoms with Crippen molar-refractivity contribution in [1.82, 2.24) is 30.1 Å².